The second-order valence-electron chi connectivity index (χ2n) is 2.58. The minimum absolute atomic E-state index is 0.225. The van der Waals surface area contributed by atoms with Gasteiger partial charge in [0.25, 0.3) is 0 Å². The standard InChI is InChI=1S/C8H13N3O3/c1-3-14-8(12)7-6-11(10-9-7)4-5-13-2/h6H,3-5H2,1-2H3. The molecule has 1 aromatic rings. The van der Waals surface area contributed by atoms with Crippen molar-refractivity contribution in [3.05, 3.63) is 11.9 Å². The van der Waals surface area contributed by atoms with Crippen molar-refractivity contribution in [2.24, 2.45) is 0 Å². The zero-order valence-electron chi connectivity index (χ0n) is 8.27. The zero-order chi connectivity index (χ0) is 10.4. The summed E-state index contributed by atoms with van der Waals surface area (Å²) in [6.07, 6.45) is 1.54. The Balaban J connectivity index is 2.54. The number of hydrogen-bond donors (Lipinski definition) is 0. The Bertz CT molecular complexity index is 298. The molecule has 6 heteroatoms. The van der Waals surface area contributed by atoms with Crippen molar-refractivity contribution in [2.45, 2.75) is 13.5 Å². The first-order chi connectivity index (χ1) is 6.77. The molecular formula is C8H13N3O3. The normalized spacial score (nSPS) is 10.1. The van der Waals surface area contributed by atoms with Crippen LogP contribution >= 0.6 is 0 Å². The maximum atomic E-state index is 11.2. The molecule has 0 saturated carbocycles. The number of ether oxygens (including phenoxy) is 2. The second kappa shape index (κ2) is 5.33. The Morgan fingerprint density at radius 3 is 3.07 bits per heavy atom. The molecule has 78 valence electrons. The summed E-state index contributed by atoms with van der Waals surface area (Å²) in [4.78, 5) is 11.2. The monoisotopic (exact) mass is 199 g/mol. The smallest absolute Gasteiger partial charge is 0.360 e. The van der Waals surface area contributed by atoms with E-state index in [-0.39, 0.29) is 5.69 Å². The first-order valence-electron chi connectivity index (χ1n) is 4.34. The molecule has 0 spiro atoms. The molecule has 0 aliphatic heterocycles. The van der Waals surface area contributed by atoms with Crippen LogP contribution in [0.15, 0.2) is 6.20 Å². The summed E-state index contributed by atoms with van der Waals surface area (Å²) in [7, 11) is 1.60. The van der Waals surface area contributed by atoms with Gasteiger partial charge in [0.1, 0.15) is 0 Å². The van der Waals surface area contributed by atoms with Crippen LogP contribution in [-0.4, -0.2) is 41.3 Å². The molecule has 0 aliphatic rings. The highest BCUT2D eigenvalue weighted by molar-refractivity contribution is 5.86. The van der Waals surface area contributed by atoms with Crippen molar-refractivity contribution in [1.82, 2.24) is 15.0 Å². The Kier molecular flexibility index (Phi) is 4.06. The molecular weight excluding hydrogens is 186 g/mol. The molecule has 0 unspecified atom stereocenters. The van der Waals surface area contributed by atoms with Crippen LogP contribution in [0.4, 0.5) is 0 Å². The van der Waals surface area contributed by atoms with Crippen LogP contribution in [-0.2, 0) is 16.0 Å². The highest BCUT2D eigenvalue weighted by atomic mass is 16.5. The number of hydrogen-bond acceptors (Lipinski definition) is 5. The number of esters is 1. The van der Waals surface area contributed by atoms with Gasteiger partial charge in [-0.25, -0.2) is 9.48 Å². The minimum Gasteiger partial charge on any atom is -0.461 e. The lowest BCUT2D eigenvalue weighted by Gasteiger charge is -1.97. The third kappa shape index (κ3) is 2.81. The Morgan fingerprint density at radius 1 is 1.64 bits per heavy atom. The van der Waals surface area contributed by atoms with Crippen molar-refractivity contribution in [1.29, 1.82) is 0 Å². The fourth-order valence-corrected chi connectivity index (χ4v) is 0.891. The fraction of sp³-hybridized carbons (Fsp3) is 0.625. The lowest BCUT2D eigenvalue weighted by molar-refractivity contribution is 0.0519. The summed E-state index contributed by atoms with van der Waals surface area (Å²) in [6, 6.07) is 0. The second-order valence-corrected chi connectivity index (χ2v) is 2.58. The van der Waals surface area contributed by atoms with E-state index >= 15 is 0 Å². The molecule has 0 fully saturated rings. The van der Waals surface area contributed by atoms with Gasteiger partial charge in [-0.3, -0.25) is 0 Å². The van der Waals surface area contributed by atoms with Gasteiger partial charge < -0.3 is 9.47 Å². The fourth-order valence-electron chi connectivity index (χ4n) is 0.891. The number of aromatic nitrogens is 3. The molecule has 0 saturated heterocycles. The van der Waals surface area contributed by atoms with Crippen molar-refractivity contribution >= 4 is 5.97 Å². The molecule has 1 aromatic heterocycles. The summed E-state index contributed by atoms with van der Waals surface area (Å²) in [6.45, 7) is 3.19. The van der Waals surface area contributed by atoms with Gasteiger partial charge in [-0.1, -0.05) is 5.21 Å². The minimum atomic E-state index is -0.448. The Morgan fingerprint density at radius 2 is 2.43 bits per heavy atom. The molecule has 0 amide bonds. The maximum absolute atomic E-state index is 11.2. The number of carbonyl (C=O) groups excluding carboxylic acids is 1. The van der Waals surface area contributed by atoms with Crippen LogP contribution < -0.4 is 0 Å². The van der Waals surface area contributed by atoms with Crippen molar-refractivity contribution in [2.75, 3.05) is 20.3 Å². The average molecular weight is 199 g/mol. The van der Waals surface area contributed by atoms with Crippen molar-refractivity contribution in [3.63, 3.8) is 0 Å². The van der Waals surface area contributed by atoms with Crippen LogP contribution in [0.2, 0.25) is 0 Å². The third-order valence-corrected chi connectivity index (χ3v) is 1.55. The SMILES string of the molecule is CCOC(=O)c1cn(CCOC)nn1. The number of methoxy groups -OCH3 is 1. The van der Waals surface area contributed by atoms with Crippen LogP contribution in [0.3, 0.4) is 0 Å². The predicted octanol–water partition coefficient (Wildman–Crippen LogP) is 0.101. The van der Waals surface area contributed by atoms with E-state index < -0.39 is 5.97 Å². The summed E-state index contributed by atoms with van der Waals surface area (Å²) in [5.74, 6) is -0.448. The van der Waals surface area contributed by atoms with E-state index in [0.717, 1.165) is 0 Å². The van der Waals surface area contributed by atoms with Crippen molar-refractivity contribution < 1.29 is 14.3 Å². The zero-order valence-corrected chi connectivity index (χ0v) is 8.27. The number of rotatable bonds is 5. The van der Waals surface area contributed by atoms with E-state index in [0.29, 0.717) is 19.8 Å². The van der Waals surface area contributed by atoms with Gasteiger partial charge in [-0.05, 0) is 6.92 Å². The number of carbonyl (C=O) groups is 1. The highest BCUT2D eigenvalue weighted by Crippen LogP contribution is 1.96. The van der Waals surface area contributed by atoms with Gasteiger partial charge >= 0.3 is 5.97 Å². The molecule has 0 N–H and O–H groups in total. The Labute approximate surface area is 81.8 Å². The topological polar surface area (TPSA) is 66.2 Å². The summed E-state index contributed by atoms with van der Waals surface area (Å²) in [5.41, 5.74) is 0.225. The Hall–Kier alpha value is -1.43. The first kappa shape index (κ1) is 10.6. The van der Waals surface area contributed by atoms with Crippen LogP contribution in [0, 0.1) is 0 Å². The van der Waals surface area contributed by atoms with E-state index in [1.165, 1.54) is 10.9 Å². The van der Waals surface area contributed by atoms with Crippen LogP contribution in [0.5, 0.6) is 0 Å². The molecule has 0 aromatic carbocycles. The molecule has 0 atom stereocenters. The maximum Gasteiger partial charge on any atom is 0.360 e. The molecule has 0 aliphatic carbocycles. The largest absolute Gasteiger partial charge is 0.461 e. The first-order valence-corrected chi connectivity index (χ1v) is 4.34. The van der Waals surface area contributed by atoms with Gasteiger partial charge in [-0.15, -0.1) is 5.10 Å². The van der Waals surface area contributed by atoms with Crippen LogP contribution in [0.1, 0.15) is 17.4 Å². The predicted molar refractivity (Wildman–Crippen MR) is 47.9 cm³/mol. The quantitative estimate of drug-likeness (QED) is 0.629. The lowest BCUT2D eigenvalue weighted by Crippen LogP contribution is -2.05. The van der Waals surface area contributed by atoms with E-state index in [2.05, 4.69) is 10.3 Å². The van der Waals surface area contributed by atoms with Crippen LogP contribution in [0.25, 0.3) is 0 Å². The van der Waals surface area contributed by atoms with E-state index in [9.17, 15) is 4.79 Å². The van der Waals surface area contributed by atoms with E-state index in [4.69, 9.17) is 9.47 Å². The number of nitrogens with zero attached hydrogens (tertiary/aromatic N) is 3. The van der Waals surface area contributed by atoms with Gasteiger partial charge in [0.05, 0.1) is 26.0 Å². The van der Waals surface area contributed by atoms with Gasteiger partial charge in [0, 0.05) is 7.11 Å². The molecule has 14 heavy (non-hydrogen) atoms. The molecule has 1 heterocycles. The van der Waals surface area contributed by atoms with Gasteiger partial charge in [-0.2, -0.15) is 0 Å². The summed E-state index contributed by atoms with van der Waals surface area (Å²) in [5, 5.41) is 7.41. The molecule has 0 bridgehead atoms. The van der Waals surface area contributed by atoms with Gasteiger partial charge in [0.2, 0.25) is 0 Å². The summed E-state index contributed by atoms with van der Waals surface area (Å²) >= 11 is 0. The molecule has 1 rings (SSSR count). The average Bonchev–Trinajstić information content (AvgIpc) is 2.63. The van der Waals surface area contributed by atoms with Gasteiger partial charge in [0.15, 0.2) is 5.69 Å². The lowest BCUT2D eigenvalue weighted by atomic mass is 10.5. The van der Waals surface area contributed by atoms with Crippen molar-refractivity contribution in [3.8, 4) is 0 Å². The van der Waals surface area contributed by atoms with E-state index in [1.54, 1.807) is 14.0 Å². The van der Waals surface area contributed by atoms with E-state index in [1.807, 2.05) is 0 Å². The summed E-state index contributed by atoms with van der Waals surface area (Å²) < 4.78 is 11.2. The molecule has 0 radical (unpaired) electrons. The molecule has 6 nitrogen and oxygen atoms in total. The highest BCUT2D eigenvalue weighted by Gasteiger charge is 2.10. The third-order valence-electron chi connectivity index (χ3n) is 1.55.